The second-order valence-electron chi connectivity index (χ2n) is 4.93. The third kappa shape index (κ3) is 5.80. The summed E-state index contributed by atoms with van der Waals surface area (Å²) in [6.07, 6.45) is 2.94. The molecule has 16 heavy (non-hydrogen) atoms. The van der Waals surface area contributed by atoms with Gasteiger partial charge in [-0.15, -0.1) is 0 Å². The van der Waals surface area contributed by atoms with Gasteiger partial charge in [0.1, 0.15) is 0 Å². The van der Waals surface area contributed by atoms with E-state index in [0.717, 1.165) is 32.6 Å². The van der Waals surface area contributed by atoms with Gasteiger partial charge in [-0.25, -0.2) is 0 Å². The van der Waals surface area contributed by atoms with Gasteiger partial charge >= 0.3 is 0 Å². The Hall–Kier alpha value is -0.160. The van der Waals surface area contributed by atoms with Crippen LogP contribution in [0.3, 0.4) is 0 Å². The molecule has 96 valence electrons. The molecule has 0 aromatic heterocycles. The van der Waals surface area contributed by atoms with Crippen molar-refractivity contribution in [2.75, 3.05) is 40.0 Å². The lowest BCUT2D eigenvalue weighted by Gasteiger charge is -2.26. The van der Waals surface area contributed by atoms with Crippen LogP contribution >= 0.6 is 0 Å². The number of hydrogen-bond donors (Lipinski definition) is 2. The predicted octanol–water partition coefficient (Wildman–Crippen LogP) is 0.790. The zero-order valence-corrected chi connectivity index (χ0v) is 10.5. The van der Waals surface area contributed by atoms with Crippen LogP contribution in [-0.2, 0) is 9.47 Å². The molecule has 0 saturated carbocycles. The minimum absolute atomic E-state index is 0.603. The summed E-state index contributed by atoms with van der Waals surface area (Å²) in [6.45, 7) is 5.83. The Labute approximate surface area is 98.3 Å². The van der Waals surface area contributed by atoms with Crippen LogP contribution < -0.4 is 5.32 Å². The molecule has 1 aliphatic rings. The van der Waals surface area contributed by atoms with E-state index in [9.17, 15) is 5.11 Å². The predicted molar refractivity (Wildman–Crippen MR) is 63.5 cm³/mol. The minimum atomic E-state index is -0.665. The van der Waals surface area contributed by atoms with E-state index in [0.29, 0.717) is 25.5 Å². The lowest BCUT2D eigenvalue weighted by atomic mass is 9.99. The van der Waals surface area contributed by atoms with Gasteiger partial charge in [0.05, 0.1) is 5.60 Å². The summed E-state index contributed by atoms with van der Waals surface area (Å²) >= 11 is 0. The quantitative estimate of drug-likeness (QED) is 0.680. The maximum atomic E-state index is 10.0. The number of nitrogens with one attached hydrogen (secondary N) is 1. The largest absolute Gasteiger partial charge is 0.389 e. The van der Waals surface area contributed by atoms with Crippen LogP contribution in [-0.4, -0.2) is 50.7 Å². The molecule has 1 unspecified atom stereocenters. The van der Waals surface area contributed by atoms with Crippen LogP contribution in [0.2, 0.25) is 0 Å². The van der Waals surface area contributed by atoms with Crippen LogP contribution in [0, 0.1) is 5.92 Å². The first kappa shape index (κ1) is 13.9. The summed E-state index contributed by atoms with van der Waals surface area (Å²) in [6, 6.07) is 0. The van der Waals surface area contributed by atoms with Crippen molar-refractivity contribution in [1.82, 2.24) is 5.32 Å². The smallest absolute Gasteiger partial charge is 0.0765 e. The zero-order chi connectivity index (χ0) is 11.9. The van der Waals surface area contributed by atoms with Crippen LogP contribution in [0.1, 0.15) is 26.2 Å². The van der Waals surface area contributed by atoms with Crippen molar-refractivity contribution in [3.05, 3.63) is 0 Å². The summed E-state index contributed by atoms with van der Waals surface area (Å²) < 4.78 is 10.3. The molecule has 1 aliphatic heterocycles. The molecule has 1 atom stereocenters. The summed E-state index contributed by atoms with van der Waals surface area (Å²) in [4.78, 5) is 0. The summed E-state index contributed by atoms with van der Waals surface area (Å²) in [5, 5.41) is 13.4. The maximum Gasteiger partial charge on any atom is 0.0765 e. The topological polar surface area (TPSA) is 50.7 Å². The maximum absolute atomic E-state index is 10.0. The Morgan fingerprint density at radius 3 is 2.75 bits per heavy atom. The van der Waals surface area contributed by atoms with Crippen molar-refractivity contribution in [2.45, 2.75) is 31.8 Å². The zero-order valence-electron chi connectivity index (χ0n) is 10.5. The molecule has 0 amide bonds. The normalized spacial score (nSPS) is 21.9. The van der Waals surface area contributed by atoms with Gasteiger partial charge in [0.25, 0.3) is 0 Å². The molecule has 0 radical (unpaired) electrons. The van der Waals surface area contributed by atoms with E-state index in [1.807, 2.05) is 6.92 Å². The molecular formula is C12H25NO3. The first-order valence-corrected chi connectivity index (χ1v) is 6.14. The molecule has 0 aromatic carbocycles. The molecule has 4 heteroatoms. The number of aliphatic hydroxyl groups is 1. The fraction of sp³-hybridized carbons (Fsp3) is 1.00. The van der Waals surface area contributed by atoms with Crippen LogP contribution in [0.15, 0.2) is 0 Å². The molecular weight excluding hydrogens is 206 g/mol. The van der Waals surface area contributed by atoms with Crippen molar-refractivity contribution in [2.24, 2.45) is 5.92 Å². The standard InChI is InChI=1S/C12H25NO3/c1-12(14,5-8-15-2)10-13-9-11-3-6-16-7-4-11/h11,13-14H,3-10H2,1-2H3. The highest BCUT2D eigenvalue weighted by molar-refractivity contribution is 4.76. The van der Waals surface area contributed by atoms with Gasteiger partial charge in [-0.05, 0) is 32.2 Å². The molecule has 1 heterocycles. The molecule has 0 spiro atoms. The average Bonchev–Trinajstić information content (AvgIpc) is 2.28. The Bertz CT molecular complexity index is 179. The van der Waals surface area contributed by atoms with Gasteiger partial charge in [-0.1, -0.05) is 0 Å². The highest BCUT2D eigenvalue weighted by Gasteiger charge is 2.20. The second-order valence-corrected chi connectivity index (χ2v) is 4.93. The molecule has 0 aliphatic carbocycles. The van der Waals surface area contributed by atoms with Crippen LogP contribution in [0.25, 0.3) is 0 Å². The molecule has 0 bridgehead atoms. The first-order chi connectivity index (χ1) is 7.64. The van der Waals surface area contributed by atoms with Gasteiger partial charge in [-0.3, -0.25) is 0 Å². The summed E-state index contributed by atoms with van der Waals surface area (Å²) in [5.74, 6) is 0.701. The Balaban J connectivity index is 2.08. The molecule has 0 aromatic rings. The fourth-order valence-electron chi connectivity index (χ4n) is 1.91. The molecule has 4 nitrogen and oxygen atoms in total. The molecule has 2 N–H and O–H groups in total. The Morgan fingerprint density at radius 2 is 2.12 bits per heavy atom. The van der Waals surface area contributed by atoms with E-state index in [1.165, 1.54) is 0 Å². The van der Waals surface area contributed by atoms with Crippen molar-refractivity contribution in [3.63, 3.8) is 0 Å². The highest BCUT2D eigenvalue weighted by atomic mass is 16.5. The number of methoxy groups -OCH3 is 1. The minimum Gasteiger partial charge on any atom is -0.389 e. The van der Waals surface area contributed by atoms with Gasteiger partial charge in [0.2, 0.25) is 0 Å². The lowest BCUT2D eigenvalue weighted by Crippen LogP contribution is -2.41. The number of rotatable bonds is 7. The summed E-state index contributed by atoms with van der Waals surface area (Å²) in [7, 11) is 1.66. The SMILES string of the molecule is COCCC(C)(O)CNCC1CCOCC1. The van der Waals surface area contributed by atoms with E-state index in [2.05, 4.69) is 5.32 Å². The Kier molecular flexibility index (Phi) is 6.28. The van der Waals surface area contributed by atoms with Crippen molar-refractivity contribution in [1.29, 1.82) is 0 Å². The van der Waals surface area contributed by atoms with Crippen LogP contribution in [0.5, 0.6) is 0 Å². The van der Waals surface area contributed by atoms with Crippen molar-refractivity contribution >= 4 is 0 Å². The van der Waals surface area contributed by atoms with Crippen molar-refractivity contribution < 1.29 is 14.6 Å². The van der Waals surface area contributed by atoms with Gasteiger partial charge in [0.15, 0.2) is 0 Å². The average molecular weight is 231 g/mol. The Morgan fingerprint density at radius 1 is 1.44 bits per heavy atom. The van der Waals surface area contributed by atoms with E-state index < -0.39 is 5.60 Å². The fourth-order valence-corrected chi connectivity index (χ4v) is 1.91. The molecule has 1 saturated heterocycles. The lowest BCUT2D eigenvalue weighted by molar-refractivity contribution is 0.0215. The number of ether oxygens (including phenoxy) is 2. The van der Waals surface area contributed by atoms with Crippen molar-refractivity contribution in [3.8, 4) is 0 Å². The molecule has 1 fully saturated rings. The van der Waals surface area contributed by atoms with Gasteiger partial charge in [0, 0.05) is 39.9 Å². The van der Waals surface area contributed by atoms with Crippen LogP contribution in [0.4, 0.5) is 0 Å². The van der Waals surface area contributed by atoms with Gasteiger partial charge < -0.3 is 19.9 Å². The third-order valence-corrected chi connectivity index (χ3v) is 3.12. The van der Waals surface area contributed by atoms with E-state index >= 15 is 0 Å². The monoisotopic (exact) mass is 231 g/mol. The highest BCUT2D eigenvalue weighted by Crippen LogP contribution is 2.14. The summed E-state index contributed by atoms with van der Waals surface area (Å²) in [5.41, 5.74) is -0.665. The second kappa shape index (κ2) is 7.22. The molecule has 1 rings (SSSR count). The van der Waals surface area contributed by atoms with E-state index in [-0.39, 0.29) is 0 Å². The number of hydrogen-bond acceptors (Lipinski definition) is 4. The first-order valence-electron chi connectivity index (χ1n) is 6.14. The van der Waals surface area contributed by atoms with E-state index in [4.69, 9.17) is 9.47 Å². The van der Waals surface area contributed by atoms with E-state index in [1.54, 1.807) is 7.11 Å². The third-order valence-electron chi connectivity index (χ3n) is 3.12. The van der Waals surface area contributed by atoms with Gasteiger partial charge in [-0.2, -0.15) is 0 Å².